The molecule has 72 valence electrons. The van der Waals surface area contributed by atoms with E-state index in [0.29, 0.717) is 4.47 Å². The van der Waals surface area contributed by atoms with Gasteiger partial charge < -0.3 is 4.74 Å². The Kier molecular flexibility index (Phi) is 3.59. The molecule has 0 bridgehead atoms. The number of benzene rings is 1. The van der Waals surface area contributed by atoms with Crippen molar-refractivity contribution in [1.29, 1.82) is 0 Å². The number of rotatable bonds is 3. The van der Waals surface area contributed by atoms with Crippen molar-refractivity contribution in [1.82, 2.24) is 0 Å². The van der Waals surface area contributed by atoms with E-state index in [1.807, 2.05) is 0 Å². The second-order valence-electron chi connectivity index (χ2n) is 2.26. The van der Waals surface area contributed by atoms with Gasteiger partial charge in [0.2, 0.25) is 0 Å². The van der Waals surface area contributed by atoms with Crippen LogP contribution in [0.4, 0.5) is 13.2 Å². The maximum Gasteiger partial charge on any atom is 0.304 e. The molecule has 0 saturated heterocycles. The molecule has 0 saturated carbocycles. The van der Waals surface area contributed by atoms with Crippen molar-refractivity contribution in [2.75, 3.05) is 0 Å². The largest absolute Gasteiger partial charge is 0.454 e. The summed E-state index contributed by atoms with van der Waals surface area (Å²) in [4.78, 5) is 0. The quantitative estimate of drug-likeness (QED) is 0.804. The molecule has 0 aliphatic rings. The highest BCUT2D eigenvalue weighted by molar-refractivity contribution is 9.10. The van der Waals surface area contributed by atoms with Crippen LogP contribution in [0.2, 0.25) is 0 Å². The van der Waals surface area contributed by atoms with Gasteiger partial charge in [-0.15, -0.1) is 0 Å². The Balaban J connectivity index is 2.64. The van der Waals surface area contributed by atoms with E-state index in [1.165, 1.54) is 12.1 Å². The lowest BCUT2D eigenvalue weighted by Gasteiger charge is -2.09. The maximum absolute atomic E-state index is 12.4. The summed E-state index contributed by atoms with van der Waals surface area (Å²) in [6, 6.07) is 6.06. The first-order chi connectivity index (χ1) is 6.09. The SMILES string of the molecule is FC(F)C(F)Oc1cccc(Br)c1. The fourth-order valence-corrected chi connectivity index (χ4v) is 1.10. The summed E-state index contributed by atoms with van der Waals surface area (Å²) in [5.41, 5.74) is 0. The highest BCUT2D eigenvalue weighted by Gasteiger charge is 2.20. The predicted octanol–water partition coefficient (Wildman–Crippen LogP) is 3.39. The van der Waals surface area contributed by atoms with E-state index in [-0.39, 0.29) is 5.75 Å². The first kappa shape index (κ1) is 10.4. The van der Waals surface area contributed by atoms with Gasteiger partial charge in [0.1, 0.15) is 5.75 Å². The molecule has 0 amide bonds. The van der Waals surface area contributed by atoms with Gasteiger partial charge in [0, 0.05) is 4.47 Å². The molecule has 0 aliphatic heterocycles. The molecule has 0 radical (unpaired) electrons. The van der Waals surface area contributed by atoms with Gasteiger partial charge >= 0.3 is 6.43 Å². The van der Waals surface area contributed by atoms with Crippen molar-refractivity contribution in [2.45, 2.75) is 12.8 Å². The molecule has 1 unspecified atom stereocenters. The first-order valence-corrected chi connectivity index (χ1v) is 4.23. The summed E-state index contributed by atoms with van der Waals surface area (Å²) >= 11 is 3.10. The monoisotopic (exact) mass is 254 g/mol. The lowest BCUT2D eigenvalue weighted by molar-refractivity contribution is -0.0669. The molecule has 0 spiro atoms. The molecule has 1 nitrogen and oxygen atoms in total. The molecular formula is C8H6BrF3O. The normalized spacial score (nSPS) is 13.0. The summed E-state index contributed by atoms with van der Waals surface area (Å²) in [5, 5.41) is 0. The minimum Gasteiger partial charge on any atom is -0.454 e. The molecule has 0 aromatic heterocycles. The van der Waals surface area contributed by atoms with Crippen molar-refractivity contribution < 1.29 is 17.9 Å². The van der Waals surface area contributed by atoms with Crippen molar-refractivity contribution in [2.24, 2.45) is 0 Å². The van der Waals surface area contributed by atoms with Crippen LogP contribution in [0.15, 0.2) is 28.7 Å². The van der Waals surface area contributed by atoms with Crippen molar-refractivity contribution in [3.63, 3.8) is 0 Å². The Hall–Kier alpha value is -0.710. The molecule has 5 heteroatoms. The Bertz CT molecular complexity index is 280. The molecule has 1 rings (SSSR count). The molecule has 0 N–H and O–H groups in total. The van der Waals surface area contributed by atoms with E-state index >= 15 is 0 Å². The summed E-state index contributed by atoms with van der Waals surface area (Å²) in [6.07, 6.45) is -5.70. The lowest BCUT2D eigenvalue weighted by atomic mass is 10.3. The third kappa shape index (κ3) is 3.26. The van der Waals surface area contributed by atoms with Crippen molar-refractivity contribution in [3.05, 3.63) is 28.7 Å². The van der Waals surface area contributed by atoms with Gasteiger partial charge in [0.15, 0.2) is 0 Å². The minimum absolute atomic E-state index is 0.0715. The Morgan fingerprint density at radius 2 is 1.92 bits per heavy atom. The smallest absolute Gasteiger partial charge is 0.304 e. The second kappa shape index (κ2) is 4.50. The standard InChI is InChI=1S/C8H6BrF3O/c9-5-2-1-3-6(4-5)13-8(12)7(10)11/h1-4,7-8H. The minimum atomic E-state index is -3.13. The first-order valence-electron chi connectivity index (χ1n) is 3.44. The lowest BCUT2D eigenvalue weighted by Crippen LogP contribution is -2.19. The van der Waals surface area contributed by atoms with E-state index in [1.54, 1.807) is 12.1 Å². The fraction of sp³-hybridized carbons (Fsp3) is 0.250. The zero-order valence-electron chi connectivity index (χ0n) is 6.38. The molecular weight excluding hydrogens is 249 g/mol. The highest BCUT2D eigenvalue weighted by atomic mass is 79.9. The Labute approximate surface area is 81.6 Å². The van der Waals surface area contributed by atoms with Gasteiger partial charge in [-0.3, -0.25) is 0 Å². The van der Waals surface area contributed by atoms with Crippen LogP contribution in [0.25, 0.3) is 0 Å². The van der Waals surface area contributed by atoms with E-state index in [9.17, 15) is 13.2 Å². The average molecular weight is 255 g/mol. The maximum atomic E-state index is 12.4. The van der Waals surface area contributed by atoms with Gasteiger partial charge in [-0.2, -0.15) is 4.39 Å². The van der Waals surface area contributed by atoms with E-state index < -0.39 is 12.8 Å². The van der Waals surface area contributed by atoms with Crippen molar-refractivity contribution >= 4 is 15.9 Å². The van der Waals surface area contributed by atoms with E-state index in [2.05, 4.69) is 20.7 Å². The molecule has 1 aromatic rings. The Morgan fingerprint density at radius 1 is 1.23 bits per heavy atom. The summed E-state index contributed by atoms with van der Waals surface area (Å²) in [5.74, 6) is 0.0715. The molecule has 1 aromatic carbocycles. The fourth-order valence-electron chi connectivity index (χ4n) is 0.722. The van der Waals surface area contributed by atoms with Crippen molar-refractivity contribution in [3.8, 4) is 5.75 Å². The second-order valence-corrected chi connectivity index (χ2v) is 3.18. The average Bonchev–Trinajstić information content (AvgIpc) is 2.04. The summed E-state index contributed by atoms with van der Waals surface area (Å²) < 4.78 is 40.7. The summed E-state index contributed by atoms with van der Waals surface area (Å²) in [6.45, 7) is 0. The number of hydrogen-bond donors (Lipinski definition) is 0. The van der Waals surface area contributed by atoms with Crippen LogP contribution in [0.1, 0.15) is 0 Å². The van der Waals surface area contributed by atoms with Gasteiger partial charge in [-0.25, -0.2) is 8.78 Å². The van der Waals surface area contributed by atoms with Crippen LogP contribution < -0.4 is 4.74 Å². The third-order valence-electron chi connectivity index (χ3n) is 1.24. The van der Waals surface area contributed by atoms with Crippen LogP contribution in [0.3, 0.4) is 0 Å². The van der Waals surface area contributed by atoms with Gasteiger partial charge in [-0.05, 0) is 18.2 Å². The Morgan fingerprint density at radius 3 is 2.46 bits per heavy atom. The predicted molar refractivity (Wildman–Crippen MR) is 45.7 cm³/mol. The third-order valence-corrected chi connectivity index (χ3v) is 1.74. The van der Waals surface area contributed by atoms with Crippen LogP contribution in [0.5, 0.6) is 5.75 Å². The van der Waals surface area contributed by atoms with Gasteiger partial charge in [0.05, 0.1) is 0 Å². The zero-order chi connectivity index (χ0) is 9.84. The summed E-state index contributed by atoms with van der Waals surface area (Å²) in [7, 11) is 0. The number of alkyl halides is 3. The van der Waals surface area contributed by atoms with E-state index in [0.717, 1.165) is 0 Å². The number of halogens is 4. The van der Waals surface area contributed by atoms with Crippen LogP contribution >= 0.6 is 15.9 Å². The number of hydrogen-bond acceptors (Lipinski definition) is 1. The molecule has 0 aliphatic carbocycles. The molecule has 1 atom stereocenters. The topological polar surface area (TPSA) is 9.23 Å². The van der Waals surface area contributed by atoms with Crippen LogP contribution in [-0.4, -0.2) is 12.8 Å². The van der Waals surface area contributed by atoms with E-state index in [4.69, 9.17) is 0 Å². The van der Waals surface area contributed by atoms with Gasteiger partial charge in [0.25, 0.3) is 6.36 Å². The highest BCUT2D eigenvalue weighted by Crippen LogP contribution is 2.20. The molecule has 0 fully saturated rings. The number of ether oxygens (including phenoxy) is 1. The van der Waals surface area contributed by atoms with Crippen LogP contribution in [-0.2, 0) is 0 Å². The zero-order valence-corrected chi connectivity index (χ0v) is 7.97. The molecule has 0 heterocycles. The van der Waals surface area contributed by atoms with Gasteiger partial charge in [-0.1, -0.05) is 22.0 Å². The molecule has 13 heavy (non-hydrogen) atoms. The van der Waals surface area contributed by atoms with Crippen LogP contribution in [0, 0.1) is 0 Å².